The van der Waals surface area contributed by atoms with E-state index in [-0.39, 0.29) is 11.4 Å². The van der Waals surface area contributed by atoms with Gasteiger partial charge in [-0.15, -0.1) is 0 Å². The third kappa shape index (κ3) is 4.36. The van der Waals surface area contributed by atoms with Gasteiger partial charge in [-0.25, -0.2) is 4.52 Å². The van der Waals surface area contributed by atoms with Gasteiger partial charge in [-0.2, -0.15) is 15.5 Å². The van der Waals surface area contributed by atoms with Gasteiger partial charge in [-0.05, 0) is 51.5 Å². The van der Waals surface area contributed by atoms with E-state index in [0.717, 1.165) is 62.1 Å². The molecule has 9 heteroatoms. The van der Waals surface area contributed by atoms with Crippen LogP contribution in [0.1, 0.15) is 49.9 Å². The number of carbonyl (C=O) groups excluding carboxylic acids is 1. The number of nitrogens with zero attached hydrogens (tertiary/aromatic N) is 6. The topological polar surface area (TPSA) is 100 Å². The first-order valence-electron chi connectivity index (χ1n) is 11.9. The molecule has 2 fully saturated rings. The minimum atomic E-state index is -0.173. The fourth-order valence-electron chi connectivity index (χ4n) is 5.15. The second kappa shape index (κ2) is 9.09. The highest BCUT2D eigenvalue weighted by Gasteiger charge is 2.45. The van der Waals surface area contributed by atoms with Crippen molar-refractivity contribution < 1.29 is 9.53 Å². The smallest absolute Gasteiger partial charge is 0.296 e. The molecule has 0 aromatic carbocycles. The molecule has 0 radical (unpaired) electrons. The maximum absolute atomic E-state index is 11.9. The second-order valence-electron chi connectivity index (χ2n) is 9.47. The lowest BCUT2D eigenvalue weighted by Crippen LogP contribution is -2.48. The van der Waals surface area contributed by atoms with Crippen LogP contribution in [0.2, 0.25) is 0 Å². The molecule has 4 heterocycles. The van der Waals surface area contributed by atoms with Gasteiger partial charge in [0.2, 0.25) is 0 Å². The second-order valence-corrected chi connectivity index (χ2v) is 9.47. The zero-order valence-corrected chi connectivity index (χ0v) is 20.3. The Morgan fingerprint density at radius 1 is 1.29 bits per heavy atom. The molecule has 1 amide bonds. The van der Waals surface area contributed by atoms with Gasteiger partial charge < -0.3 is 15.0 Å². The zero-order valence-electron chi connectivity index (χ0n) is 20.3. The number of nitrogens with one attached hydrogen (secondary N) is 1. The molecule has 2 aliphatic rings. The maximum atomic E-state index is 11.9. The van der Waals surface area contributed by atoms with E-state index in [2.05, 4.69) is 44.8 Å². The Morgan fingerprint density at radius 3 is 2.71 bits per heavy atom. The van der Waals surface area contributed by atoms with Crippen LogP contribution < -0.4 is 10.1 Å². The Hall–Kier alpha value is -3.82. The van der Waals surface area contributed by atoms with Gasteiger partial charge in [0.25, 0.3) is 5.91 Å². The first-order valence-corrected chi connectivity index (χ1v) is 11.9. The predicted molar refractivity (Wildman–Crippen MR) is 131 cm³/mol. The van der Waals surface area contributed by atoms with E-state index in [1.807, 2.05) is 18.5 Å². The fourth-order valence-corrected chi connectivity index (χ4v) is 5.15. The minimum absolute atomic E-state index is 0.0990. The van der Waals surface area contributed by atoms with Gasteiger partial charge in [-0.1, -0.05) is 5.92 Å². The van der Waals surface area contributed by atoms with Crippen molar-refractivity contribution in [3.8, 4) is 34.8 Å². The first-order chi connectivity index (χ1) is 17.0. The summed E-state index contributed by atoms with van der Waals surface area (Å²) in [7, 11) is 1.60. The van der Waals surface area contributed by atoms with Crippen molar-refractivity contribution in [1.29, 1.82) is 5.26 Å². The van der Waals surface area contributed by atoms with Gasteiger partial charge in [0.05, 0.1) is 31.1 Å². The molecule has 9 nitrogen and oxygen atoms in total. The number of pyridine rings is 1. The van der Waals surface area contributed by atoms with Crippen LogP contribution >= 0.6 is 0 Å². The van der Waals surface area contributed by atoms with E-state index in [1.165, 1.54) is 0 Å². The number of piperidine rings is 1. The highest BCUT2D eigenvalue weighted by molar-refractivity contribution is 5.94. The van der Waals surface area contributed by atoms with Crippen LogP contribution in [0.5, 0.6) is 5.75 Å². The summed E-state index contributed by atoms with van der Waals surface area (Å²) in [5.41, 5.74) is 4.13. The van der Waals surface area contributed by atoms with Crippen molar-refractivity contribution in [2.75, 3.05) is 26.7 Å². The summed E-state index contributed by atoms with van der Waals surface area (Å²) < 4.78 is 9.40. The summed E-state index contributed by atoms with van der Waals surface area (Å²) >= 11 is 0. The normalized spacial score (nSPS) is 17.4. The molecule has 1 saturated heterocycles. The number of fused-ring (bicyclic) bond motifs is 1. The average molecular weight is 472 g/mol. The molecule has 3 aromatic rings. The quantitative estimate of drug-likeness (QED) is 0.555. The highest BCUT2D eigenvalue weighted by Crippen LogP contribution is 2.38. The van der Waals surface area contributed by atoms with Crippen LogP contribution in [0, 0.1) is 30.1 Å². The number of hydrogen-bond acceptors (Lipinski definition) is 6. The molecule has 3 aromatic heterocycles. The molecule has 180 valence electrons. The van der Waals surface area contributed by atoms with Crippen molar-refractivity contribution in [3.63, 3.8) is 0 Å². The molecule has 5 rings (SSSR count). The van der Waals surface area contributed by atoms with Crippen LogP contribution in [0.25, 0.3) is 16.6 Å². The largest absolute Gasteiger partial charge is 0.494 e. The summed E-state index contributed by atoms with van der Waals surface area (Å²) in [6.07, 6.45) is 9.43. The Balaban J connectivity index is 1.29. The standard InChI is InChI=1S/C26H29N7O2/c1-4-5-24(34)30-26(8-9-26)17-31-10-6-21(7-11-31)33-18(2)22(15-29-33)19-12-23(35-3)25-20(13-27)14-28-32(25)16-19/h12,14-16,21H,6-11,17H2,1-3H3,(H,30,34). The number of ether oxygens (including phenoxy) is 1. The molecule has 0 spiro atoms. The van der Waals surface area contributed by atoms with Crippen LogP contribution in [0.4, 0.5) is 0 Å². The molecular weight excluding hydrogens is 442 g/mol. The molecule has 1 aliphatic carbocycles. The van der Waals surface area contributed by atoms with Gasteiger partial charge in [0.15, 0.2) is 0 Å². The molecule has 1 aliphatic heterocycles. The number of likely N-dealkylation sites (tertiary alicyclic amines) is 1. The highest BCUT2D eigenvalue weighted by atomic mass is 16.5. The van der Waals surface area contributed by atoms with Gasteiger partial charge in [-0.3, -0.25) is 9.48 Å². The minimum Gasteiger partial charge on any atom is -0.494 e. The van der Waals surface area contributed by atoms with Gasteiger partial charge in [0.1, 0.15) is 22.9 Å². The average Bonchev–Trinajstić information content (AvgIpc) is 3.29. The molecule has 1 N–H and O–H groups in total. The molecule has 0 unspecified atom stereocenters. The lowest BCUT2D eigenvalue weighted by molar-refractivity contribution is -0.116. The molecular formula is C26H29N7O2. The molecule has 35 heavy (non-hydrogen) atoms. The van der Waals surface area contributed by atoms with Crippen LogP contribution in [-0.4, -0.2) is 62.5 Å². The summed E-state index contributed by atoms with van der Waals surface area (Å²) in [6.45, 7) is 6.61. The van der Waals surface area contributed by atoms with E-state index >= 15 is 0 Å². The SMILES string of the molecule is CC#CC(=O)NC1(CN2CCC(n3ncc(-c4cc(OC)c5c(C#N)cnn5c4)c3C)CC2)CC1. The number of amides is 1. The number of aromatic nitrogens is 4. The molecule has 0 atom stereocenters. The van der Waals surface area contributed by atoms with E-state index < -0.39 is 0 Å². The van der Waals surface area contributed by atoms with E-state index in [4.69, 9.17) is 9.84 Å². The van der Waals surface area contributed by atoms with Crippen molar-refractivity contribution in [2.24, 2.45) is 0 Å². The monoisotopic (exact) mass is 471 g/mol. The third-order valence-electron chi connectivity index (χ3n) is 7.17. The Bertz CT molecular complexity index is 1370. The van der Waals surface area contributed by atoms with Crippen molar-refractivity contribution in [3.05, 3.63) is 35.9 Å². The number of methoxy groups -OCH3 is 1. The lowest BCUT2D eigenvalue weighted by Gasteiger charge is -2.35. The zero-order chi connectivity index (χ0) is 24.6. The summed E-state index contributed by atoms with van der Waals surface area (Å²) in [5, 5.41) is 21.6. The van der Waals surface area contributed by atoms with E-state index in [1.54, 1.807) is 24.7 Å². The van der Waals surface area contributed by atoms with E-state index in [9.17, 15) is 10.1 Å². The number of nitriles is 1. The summed E-state index contributed by atoms with van der Waals surface area (Å²) in [6, 6.07) is 4.44. The van der Waals surface area contributed by atoms with Gasteiger partial charge >= 0.3 is 0 Å². The number of hydrogen-bond donors (Lipinski definition) is 1. The molecule has 1 saturated carbocycles. The summed E-state index contributed by atoms with van der Waals surface area (Å²) in [4.78, 5) is 14.4. The first kappa shape index (κ1) is 22.9. The lowest BCUT2D eigenvalue weighted by atomic mass is 10.0. The maximum Gasteiger partial charge on any atom is 0.296 e. The fraction of sp³-hybridized carbons (Fsp3) is 0.462. The predicted octanol–water partition coefficient (Wildman–Crippen LogP) is 2.70. The number of rotatable bonds is 6. The van der Waals surface area contributed by atoms with Crippen LogP contribution in [-0.2, 0) is 4.79 Å². The Morgan fingerprint density at radius 2 is 2.06 bits per heavy atom. The molecule has 0 bridgehead atoms. The Kier molecular flexibility index (Phi) is 5.96. The van der Waals surface area contributed by atoms with Crippen molar-refractivity contribution in [1.82, 2.24) is 29.6 Å². The van der Waals surface area contributed by atoms with Gasteiger partial charge in [0, 0.05) is 42.7 Å². The Labute approximate surface area is 204 Å². The number of carbonyl (C=O) groups is 1. The van der Waals surface area contributed by atoms with Crippen molar-refractivity contribution in [2.45, 2.75) is 51.1 Å². The van der Waals surface area contributed by atoms with E-state index in [0.29, 0.717) is 22.9 Å². The van der Waals surface area contributed by atoms with Crippen LogP contribution in [0.3, 0.4) is 0 Å². The summed E-state index contributed by atoms with van der Waals surface area (Å²) in [5.74, 6) is 5.71. The van der Waals surface area contributed by atoms with Crippen LogP contribution in [0.15, 0.2) is 24.7 Å². The third-order valence-corrected chi connectivity index (χ3v) is 7.17. The van der Waals surface area contributed by atoms with Crippen molar-refractivity contribution >= 4 is 11.4 Å².